The first-order valence-electron chi connectivity index (χ1n) is 10.9. The zero-order valence-electron chi connectivity index (χ0n) is 19.9. The Morgan fingerprint density at radius 3 is 2.46 bits per heavy atom. The number of hydrogen-bond donors (Lipinski definition) is 1. The fourth-order valence-electron chi connectivity index (χ4n) is 3.65. The summed E-state index contributed by atoms with van der Waals surface area (Å²) in [6, 6.07) is 7.11. The molecule has 0 aliphatic heterocycles. The Kier molecular flexibility index (Phi) is 6.51. The molecule has 0 aliphatic carbocycles. The van der Waals surface area contributed by atoms with Crippen molar-refractivity contribution in [3.05, 3.63) is 59.4 Å². The quantitative estimate of drug-likeness (QED) is 0.363. The minimum atomic E-state index is -4.49. The van der Waals surface area contributed by atoms with Crippen LogP contribution in [-0.2, 0) is 19.8 Å². The van der Waals surface area contributed by atoms with Gasteiger partial charge >= 0.3 is 6.18 Å². The maximum Gasteiger partial charge on any atom is 0.434 e. The Morgan fingerprint density at radius 2 is 1.86 bits per heavy atom. The van der Waals surface area contributed by atoms with Gasteiger partial charge in [0.1, 0.15) is 5.82 Å². The van der Waals surface area contributed by atoms with Crippen molar-refractivity contribution in [1.29, 1.82) is 0 Å². The monoisotopic (exact) mass is 486 g/mol. The molecular weight excluding hydrogens is 461 g/mol. The van der Waals surface area contributed by atoms with Crippen molar-refractivity contribution < 1.29 is 22.4 Å². The molecule has 0 saturated carbocycles. The third-order valence-electron chi connectivity index (χ3n) is 5.45. The first kappa shape index (κ1) is 24.2. The Morgan fingerprint density at radius 1 is 1.14 bits per heavy atom. The highest BCUT2D eigenvalue weighted by Crippen LogP contribution is 2.33. The number of methoxy groups -OCH3 is 1. The van der Waals surface area contributed by atoms with Crippen LogP contribution >= 0.6 is 0 Å². The number of aromatic nitrogens is 5. The van der Waals surface area contributed by atoms with Crippen molar-refractivity contribution in [3.8, 4) is 28.5 Å². The molecule has 184 valence electrons. The van der Waals surface area contributed by atoms with Crippen LogP contribution in [0.2, 0.25) is 0 Å². The number of rotatable bonds is 7. The molecule has 11 heteroatoms. The summed E-state index contributed by atoms with van der Waals surface area (Å²) in [5.74, 6) is 2.49. The normalized spacial score (nSPS) is 11.8. The Hall–Kier alpha value is -3.89. The molecule has 35 heavy (non-hydrogen) atoms. The lowest BCUT2D eigenvalue weighted by Gasteiger charge is -2.12. The number of anilines is 1. The van der Waals surface area contributed by atoms with E-state index in [1.807, 2.05) is 32.9 Å². The summed E-state index contributed by atoms with van der Waals surface area (Å²) >= 11 is 0. The van der Waals surface area contributed by atoms with Crippen LogP contribution in [0, 0.1) is 6.92 Å². The lowest BCUT2D eigenvalue weighted by Crippen LogP contribution is -2.06. The van der Waals surface area contributed by atoms with Gasteiger partial charge in [-0.15, -0.1) is 0 Å². The minimum Gasteiger partial charge on any atom is -0.491 e. The van der Waals surface area contributed by atoms with E-state index in [4.69, 9.17) is 9.26 Å². The predicted molar refractivity (Wildman–Crippen MR) is 124 cm³/mol. The lowest BCUT2D eigenvalue weighted by atomic mass is 10.0. The zero-order chi connectivity index (χ0) is 25.3. The van der Waals surface area contributed by atoms with Crippen LogP contribution in [0.5, 0.6) is 5.75 Å². The second kappa shape index (κ2) is 9.40. The maximum absolute atomic E-state index is 13.0. The summed E-state index contributed by atoms with van der Waals surface area (Å²) in [5.41, 5.74) is 2.01. The summed E-state index contributed by atoms with van der Waals surface area (Å²) in [5, 5.41) is 7.31. The van der Waals surface area contributed by atoms with Crippen LogP contribution in [0.4, 0.5) is 19.0 Å². The molecule has 0 spiro atoms. The molecule has 0 bridgehead atoms. The number of halogens is 3. The van der Waals surface area contributed by atoms with Crippen molar-refractivity contribution in [2.24, 2.45) is 7.05 Å². The van der Waals surface area contributed by atoms with Crippen molar-refractivity contribution >= 4 is 5.82 Å². The van der Waals surface area contributed by atoms with Crippen LogP contribution in [0.1, 0.15) is 42.5 Å². The van der Waals surface area contributed by atoms with Gasteiger partial charge in [-0.05, 0) is 12.5 Å². The van der Waals surface area contributed by atoms with Gasteiger partial charge in [0.2, 0.25) is 0 Å². The number of nitrogens with zero attached hydrogens (tertiary/aromatic N) is 5. The van der Waals surface area contributed by atoms with Crippen LogP contribution in [0.15, 0.2) is 41.2 Å². The molecule has 0 aliphatic rings. The summed E-state index contributed by atoms with van der Waals surface area (Å²) in [6.07, 6.45) is -1.92. The van der Waals surface area contributed by atoms with Gasteiger partial charge in [-0.1, -0.05) is 43.3 Å². The van der Waals surface area contributed by atoms with E-state index < -0.39 is 11.9 Å². The van der Waals surface area contributed by atoms with E-state index >= 15 is 0 Å². The highest BCUT2D eigenvalue weighted by Gasteiger charge is 2.34. The Balaban J connectivity index is 1.55. The smallest absolute Gasteiger partial charge is 0.434 e. The molecule has 0 atom stereocenters. The molecule has 3 heterocycles. The summed E-state index contributed by atoms with van der Waals surface area (Å²) in [6.45, 7) is 6.25. The number of nitrogens with one attached hydrogen (secondary N) is 1. The molecule has 4 rings (SSSR count). The third-order valence-corrected chi connectivity index (χ3v) is 5.45. The largest absolute Gasteiger partial charge is 0.491 e. The molecule has 1 aromatic carbocycles. The van der Waals surface area contributed by atoms with Crippen molar-refractivity contribution in [1.82, 2.24) is 24.7 Å². The molecule has 0 unspecified atom stereocenters. The number of aryl methyl sites for hydroxylation is 2. The van der Waals surface area contributed by atoms with Gasteiger partial charge in [0, 0.05) is 31.3 Å². The first-order valence-corrected chi connectivity index (χ1v) is 10.9. The summed E-state index contributed by atoms with van der Waals surface area (Å²) < 4.78 is 51.1. The number of ether oxygens (including phenoxy) is 1. The van der Waals surface area contributed by atoms with Crippen molar-refractivity contribution in [3.63, 3.8) is 0 Å². The van der Waals surface area contributed by atoms with E-state index in [0.717, 1.165) is 17.3 Å². The minimum absolute atomic E-state index is 0.109. The van der Waals surface area contributed by atoms with E-state index in [2.05, 4.69) is 25.4 Å². The van der Waals surface area contributed by atoms with Gasteiger partial charge in [0.05, 0.1) is 24.6 Å². The number of imidazole rings is 1. The van der Waals surface area contributed by atoms with Gasteiger partial charge in [-0.3, -0.25) is 0 Å². The van der Waals surface area contributed by atoms with Gasteiger partial charge < -0.3 is 19.1 Å². The first-order chi connectivity index (χ1) is 16.6. The molecule has 3 aromatic heterocycles. The molecular formula is C24H25F3N6O2. The van der Waals surface area contributed by atoms with Gasteiger partial charge in [-0.25, -0.2) is 15.0 Å². The van der Waals surface area contributed by atoms with E-state index in [-0.39, 0.29) is 11.7 Å². The van der Waals surface area contributed by atoms with Crippen LogP contribution in [0.25, 0.3) is 22.8 Å². The molecule has 1 N–H and O–H groups in total. The molecule has 0 fully saturated rings. The topological polar surface area (TPSA) is 90.9 Å². The SMILES string of the molecule is COc1cnc(-c2c(C)noc2C(C)C)nc1NCc1ccc(-c2nc(C(F)(F)F)cn2C)cc1. The molecule has 8 nitrogen and oxygen atoms in total. The second-order valence-corrected chi connectivity index (χ2v) is 8.38. The van der Waals surface area contributed by atoms with E-state index in [1.54, 1.807) is 18.3 Å². The highest BCUT2D eigenvalue weighted by molar-refractivity contribution is 5.64. The lowest BCUT2D eigenvalue weighted by molar-refractivity contribution is -0.140. The second-order valence-electron chi connectivity index (χ2n) is 8.38. The highest BCUT2D eigenvalue weighted by atomic mass is 19.4. The average Bonchev–Trinajstić information content (AvgIpc) is 3.40. The average molecular weight is 486 g/mol. The fraction of sp³-hybridized carbons (Fsp3) is 0.333. The summed E-state index contributed by atoms with van der Waals surface area (Å²) in [7, 11) is 3.07. The van der Waals surface area contributed by atoms with E-state index in [0.29, 0.717) is 41.0 Å². The van der Waals surface area contributed by atoms with Crippen LogP contribution in [-0.4, -0.2) is 31.8 Å². The fourth-order valence-corrected chi connectivity index (χ4v) is 3.65. The summed E-state index contributed by atoms with van der Waals surface area (Å²) in [4.78, 5) is 12.8. The number of benzene rings is 1. The van der Waals surface area contributed by atoms with E-state index in [9.17, 15) is 13.2 Å². The molecule has 0 radical (unpaired) electrons. The molecule has 4 aromatic rings. The molecule has 0 amide bonds. The number of hydrogen-bond acceptors (Lipinski definition) is 7. The van der Waals surface area contributed by atoms with Crippen LogP contribution < -0.4 is 10.1 Å². The van der Waals surface area contributed by atoms with Crippen LogP contribution in [0.3, 0.4) is 0 Å². The van der Waals surface area contributed by atoms with E-state index in [1.165, 1.54) is 18.7 Å². The Bertz CT molecular complexity index is 1330. The van der Waals surface area contributed by atoms with Gasteiger partial charge in [-0.2, -0.15) is 13.2 Å². The maximum atomic E-state index is 13.0. The Labute approximate surface area is 200 Å². The standard InChI is InChI=1S/C24H25F3N6O2/c1-13(2)20-19(14(3)32-35-20)22-29-11-17(34-5)21(31-22)28-10-15-6-8-16(9-7-15)23-30-18(12-33(23)4)24(25,26)27/h6-9,11-13H,10H2,1-5H3,(H,28,29,31). The van der Waals surface area contributed by atoms with Crippen molar-refractivity contribution in [2.45, 2.75) is 39.4 Å². The van der Waals surface area contributed by atoms with Crippen molar-refractivity contribution in [2.75, 3.05) is 12.4 Å². The number of alkyl halides is 3. The van der Waals surface area contributed by atoms with Gasteiger partial charge in [0.15, 0.2) is 28.8 Å². The predicted octanol–water partition coefficient (Wildman–Crippen LogP) is 5.60. The van der Waals surface area contributed by atoms with Gasteiger partial charge in [0.25, 0.3) is 0 Å². The third kappa shape index (κ3) is 4.98. The molecule has 0 saturated heterocycles. The zero-order valence-corrected chi connectivity index (χ0v) is 19.9.